The van der Waals surface area contributed by atoms with Crippen molar-refractivity contribution in [3.8, 4) is 0 Å². The van der Waals surface area contributed by atoms with Gasteiger partial charge < -0.3 is 4.90 Å². The molecule has 7 nitrogen and oxygen atoms in total. The quantitative estimate of drug-likeness (QED) is 0.163. The van der Waals surface area contributed by atoms with Crippen molar-refractivity contribution in [2.24, 2.45) is 30.7 Å². The van der Waals surface area contributed by atoms with E-state index in [0.29, 0.717) is 0 Å². The van der Waals surface area contributed by atoms with Gasteiger partial charge in [0.05, 0.1) is 34.1 Å². The molecule has 0 N–H and O–H groups in total. The van der Waals surface area contributed by atoms with E-state index < -0.39 is 0 Å². The second-order valence-corrected chi connectivity index (χ2v) is 10.0. The average Bonchev–Trinajstić information content (AvgIpc) is 3.00. The minimum atomic E-state index is 0.748. The van der Waals surface area contributed by atoms with Crippen molar-refractivity contribution in [1.29, 1.82) is 0 Å². The summed E-state index contributed by atoms with van der Waals surface area (Å²) < 4.78 is 0. The zero-order chi connectivity index (χ0) is 29.0. The number of hydrogen-bond acceptors (Lipinski definition) is 7. The second-order valence-electron chi connectivity index (χ2n) is 10.0. The van der Waals surface area contributed by atoms with Crippen LogP contribution in [-0.4, -0.2) is 13.1 Å². The first kappa shape index (κ1) is 29.5. The highest BCUT2D eigenvalue weighted by Gasteiger charge is 2.05. The van der Waals surface area contributed by atoms with E-state index in [1.807, 2.05) is 74.5 Å². The molecular formula is C34H39N7. The Morgan fingerprint density at radius 2 is 0.902 bits per heavy atom. The van der Waals surface area contributed by atoms with Crippen molar-refractivity contribution in [1.82, 2.24) is 0 Å². The number of rotatable bonds is 12. The first-order valence-electron chi connectivity index (χ1n) is 14.4. The fourth-order valence-electron chi connectivity index (χ4n) is 4.35. The summed E-state index contributed by atoms with van der Waals surface area (Å²) in [7, 11) is 0. The van der Waals surface area contributed by atoms with Gasteiger partial charge in [0.2, 0.25) is 0 Å². The predicted octanol–water partition coefficient (Wildman–Crippen LogP) is 11.7. The van der Waals surface area contributed by atoms with Crippen LogP contribution in [0.3, 0.4) is 0 Å². The Labute approximate surface area is 243 Å². The van der Waals surface area contributed by atoms with Crippen LogP contribution in [0, 0.1) is 13.8 Å². The fraction of sp³-hybridized carbons (Fsp3) is 0.294. The highest BCUT2D eigenvalue weighted by molar-refractivity contribution is 5.59. The van der Waals surface area contributed by atoms with Crippen molar-refractivity contribution in [2.45, 2.75) is 53.9 Å². The molecule has 0 aliphatic rings. The Morgan fingerprint density at radius 1 is 0.512 bits per heavy atom. The summed E-state index contributed by atoms with van der Waals surface area (Å²) in [5, 5.41) is 26.6. The molecule has 0 unspecified atom stereocenters. The summed E-state index contributed by atoms with van der Waals surface area (Å²) in [5.74, 6) is 0. The average molecular weight is 546 g/mol. The summed E-state index contributed by atoms with van der Waals surface area (Å²) >= 11 is 0. The fourth-order valence-corrected chi connectivity index (χ4v) is 4.35. The molecule has 0 aliphatic heterocycles. The zero-order valence-corrected chi connectivity index (χ0v) is 24.7. The summed E-state index contributed by atoms with van der Waals surface area (Å²) in [4.78, 5) is 2.30. The molecule has 0 saturated heterocycles. The van der Waals surface area contributed by atoms with E-state index in [1.54, 1.807) is 0 Å². The summed E-state index contributed by atoms with van der Waals surface area (Å²) in [6.45, 7) is 12.5. The number of anilines is 1. The lowest BCUT2D eigenvalue weighted by molar-refractivity contribution is 0.795. The molecule has 0 aliphatic carbocycles. The van der Waals surface area contributed by atoms with E-state index in [0.717, 1.165) is 64.8 Å². The van der Waals surface area contributed by atoms with Crippen LogP contribution < -0.4 is 4.90 Å². The van der Waals surface area contributed by atoms with Crippen molar-refractivity contribution in [2.75, 3.05) is 18.0 Å². The number of nitrogens with zero attached hydrogens (tertiary/aromatic N) is 7. The maximum absolute atomic E-state index is 4.50. The molecule has 0 aromatic heterocycles. The number of unbranched alkanes of at least 4 members (excludes halogenated alkanes) is 1. The SMILES string of the molecule is CCCCc1ccc(N=Nc2ccc(N=Nc3cc(C)c(N=Nc4ccc(N(CC)CC)cc4)cc3C)cc2)cc1. The van der Waals surface area contributed by atoms with Crippen LogP contribution in [0.4, 0.5) is 39.8 Å². The Balaban J connectivity index is 1.37. The van der Waals surface area contributed by atoms with Gasteiger partial charge in [-0.1, -0.05) is 25.5 Å². The molecule has 0 amide bonds. The van der Waals surface area contributed by atoms with Crippen LogP contribution in [0.5, 0.6) is 0 Å². The monoisotopic (exact) mass is 545 g/mol. The van der Waals surface area contributed by atoms with Gasteiger partial charge in [-0.15, -0.1) is 0 Å². The Bertz CT molecular complexity index is 1480. The number of benzene rings is 4. The van der Waals surface area contributed by atoms with Gasteiger partial charge in [0.15, 0.2) is 0 Å². The van der Waals surface area contributed by atoms with E-state index in [4.69, 9.17) is 0 Å². The normalized spacial score (nSPS) is 11.7. The second kappa shape index (κ2) is 14.7. The molecule has 4 aromatic carbocycles. The zero-order valence-electron chi connectivity index (χ0n) is 24.7. The topological polar surface area (TPSA) is 77.4 Å². The third-order valence-corrected chi connectivity index (χ3v) is 6.93. The summed E-state index contributed by atoms with van der Waals surface area (Å²) in [6.07, 6.45) is 3.50. The summed E-state index contributed by atoms with van der Waals surface area (Å²) in [6, 6.07) is 28.0. The third kappa shape index (κ3) is 8.48. The van der Waals surface area contributed by atoms with Gasteiger partial charge in [0.1, 0.15) is 0 Å². The van der Waals surface area contributed by atoms with E-state index >= 15 is 0 Å². The first-order chi connectivity index (χ1) is 20.0. The number of hydrogen-bond donors (Lipinski definition) is 0. The number of azo groups is 3. The molecule has 0 fully saturated rings. The van der Waals surface area contributed by atoms with E-state index in [9.17, 15) is 0 Å². The molecular weight excluding hydrogens is 506 g/mol. The van der Waals surface area contributed by atoms with Crippen LogP contribution in [0.1, 0.15) is 50.3 Å². The van der Waals surface area contributed by atoms with E-state index in [1.165, 1.54) is 24.1 Å². The van der Waals surface area contributed by atoms with Gasteiger partial charge in [-0.3, -0.25) is 0 Å². The van der Waals surface area contributed by atoms with Gasteiger partial charge in [0, 0.05) is 18.8 Å². The van der Waals surface area contributed by atoms with Gasteiger partial charge in [-0.2, -0.15) is 30.7 Å². The van der Waals surface area contributed by atoms with Crippen LogP contribution in [0.25, 0.3) is 0 Å². The van der Waals surface area contributed by atoms with Gasteiger partial charge in [-0.25, -0.2) is 0 Å². The van der Waals surface area contributed by atoms with Crippen molar-refractivity contribution >= 4 is 39.8 Å². The first-order valence-corrected chi connectivity index (χ1v) is 14.4. The van der Waals surface area contributed by atoms with E-state index in [2.05, 4.69) is 80.6 Å². The highest BCUT2D eigenvalue weighted by Crippen LogP contribution is 2.32. The lowest BCUT2D eigenvalue weighted by atomic mass is 10.1. The van der Waals surface area contributed by atoms with Gasteiger partial charge in [0.25, 0.3) is 0 Å². The molecule has 0 heterocycles. The molecule has 0 radical (unpaired) electrons. The van der Waals surface area contributed by atoms with Crippen LogP contribution >= 0.6 is 0 Å². The Hall–Kier alpha value is -4.52. The molecule has 7 heteroatoms. The molecule has 210 valence electrons. The Morgan fingerprint density at radius 3 is 1.32 bits per heavy atom. The van der Waals surface area contributed by atoms with Crippen LogP contribution in [-0.2, 0) is 6.42 Å². The van der Waals surface area contributed by atoms with Crippen LogP contribution in [0.2, 0.25) is 0 Å². The lowest BCUT2D eigenvalue weighted by Gasteiger charge is -2.20. The van der Waals surface area contributed by atoms with Gasteiger partial charge >= 0.3 is 0 Å². The molecule has 0 bridgehead atoms. The molecule has 4 aromatic rings. The van der Waals surface area contributed by atoms with Crippen LogP contribution in [0.15, 0.2) is 116 Å². The predicted molar refractivity (Wildman–Crippen MR) is 170 cm³/mol. The third-order valence-electron chi connectivity index (χ3n) is 6.93. The van der Waals surface area contributed by atoms with Crippen molar-refractivity contribution in [3.05, 3.63) is 102 Å². The molecule has 0 spiro atoms. The lowest BCUT2D eigenvalue weighted by Crippen LogP contribution is -2.21. The maximum Gasteiger partial charge on any atom is 0.0890 e. The highest BCUT2D eigenvalue weighted by atomic mass is 15.1. The molecule has 41 heavy (non-hydrogen) atoms. The van der Waals surface area contributed by atoms with Gasteiger partial charge in [-0.05, 0) is 130 Å². The Kier molecular flexibility index (Phi) is 10.6. The molecule has 0 saturated carbocycles. The van der Waals surface area contributed by atoms with Crippen molar-refractivity contribution in [3.63, 3.8) is 0 Å². The minimum absolute atomic E-state index is 0.748. The van der Waals surface area contributed by atoms with E-state index in [-0.39, 0.29) is 0 Å². The molecule has 4 rings (SSSR count). The van der Waals surface area contributed by atoms with Crippen molar-refractivity contribution < 1.29 is 0 Å². The smallest absolute Gasteiger partial charge is 0.0890 e. The largest absolute Gasteiger partial charge is 0.372 e. The maximum atomic E-state index is 4.50. The molecule has 0 atom stereocenters. The minimum Gasteiger partial charge on any atom is -0.372 e. The number of aryl methyl sites for hydroxylation is 3. The summed E-state index contributed by atoms with van der Waals surface area (Å²) in [5.41, 5.74) is 9.30. The standard InChI is InChI=1S/C34H39N7/c1-6-9-10-27-11-13-28(14-12-27)35-36-29-15-17-30(18-16-29)37-39-33-23-26(5)34(24-25(33)4)40-38-31-19-21-32(22-20-31)41(7-2)8-3/h11-24H,6-10H2,1-5H3.